The van der Waals surface area contributed by atoms with E-state index in [-0.39, 0.29) is 5.82 Å². The minimum atomic E-state index is -0.582. The van der Waals surface area contributed by atoms with Crippen LogP contribution < -0.4 is 5.73 Å². The zero-order chi connectivity index (χ0) is 12.5. The number of methoxy groups -OCH3 is 1. The molecule has 0 aliphatic carbocycles. The molecule has 0 saturated carbocycles. The van der Waals surface area contributed by atoms with E-state index in [9.17, 15) is 4.39 Å². The highest BCUT2D eigenvalue weighted by atomic mass is 19.1. The monoisotopic (exact) mass is 225 g/mol. The van der Waals surface area contributed by atoms with Crippen molar-refractivity contribution in [2.75, 3.05) is 7.11 Å². The van der Waals surface area contributed by atoms with Gasteiger partial charge in [-0.2, -0.15) is 0 Å². The van der Waals surface area contributed by atoms with Gasteiger partial charge >= 0.3 is 0 Å². The van der Waals surface area contributed by atoms with E-state index in [0.29, 0.717) is 5.56 Å². The van der Waals surface area contributed by atoms with Gasteiger partial charge in [0.2, 0.25) is 0 Å². The summed E-state index contributed by atoms with van der Waals surface area (Å²) < 4.78 is 19.2. The van der Waals surface area contributed by atoms with Crippen LogP contribution in [0.1, 0.15) is 36.6 Å². The second kappa shape index (κ2) is 4.52. The predicted molar refractivity (Wildman–Crippen MR) is 63.9 cm³/mol. The Labute approximate surface area is 96.6 Å². The van der Waals surface area contributed by atoms with E-state index >= 15 is 0 Å². The van der Waals surface area contributed by atoms with Gasteiger partial charge in [-0.15, -0.1) is 0 Å². The third-order valence-corrected chi connectivity index (χ3v) is 3.07. The molecular weight excluding hydrogens is 205 g/mol. The van der Waals surface area contributed by atoms with Crippen LogP contribution in [0.2, 0.25) is 0 Å². The zero-order valence-electron chi connectivity index (χ0n) is 10.6. The SMILES string of the molecule is COC(C)(C)C(N)c1c(C)cc(C)cc1F. The summed E-state index contributed by atoms with van der Waals surface area (Å²) in [6, 6.07) is 2.97. The van der Waals surface area contributed by atoms with Gasteiger partial charge in [-0.1, -0.05) is 6.07 Å². The lowest BCUT2D eigenvalue weighted by Crippen LogP contribution is -2.38. The standard InChI is InChI=1S/C13H20FNO/c1-8-6-9(2)11(10(14)7-8)12(15)13(3,4)16-5/h6-7,12H,15H2,1-5H3. The van der Waals surface area contributed by atoms with Gasteiger partial charge in [0.05, 0.1) is 11.6 Å². The van der Waals surface area contributed by atoms with E-state index in [0.717, 1.165) is 11.1 Å². The molecule has 0 aliphatic rings. The van der Waals surface area contributed by atoms with Gasteiger partial charge in [-0.25, -0.2) is 4.39 Å². The van der Waals surface area contributed by atoms with Crippen LogP contribution in [-0.2, 0) is 4.74 Å². The summed E-state index contributed by atoms with van der Waals surface area (Å²) >= 11 is 0. The number of hydrogen-bond acceptors (Lipinski definition) is 2. The Kier molecular flexibility index (Phi) is 3.71. The maximum atomic E-state index is 13.9. The van der Waals surface area contributed by atoms with E-state index in [1.807, 2.05) is 33.8 Å². The molecule has 0 amide bonds. The molecule has 3 heteroatoms. The molecule has 0 aromatic heterocycles. The lowest BCUT2D eigenvalue weighted by molar-refractivity contribution is -0.00107. The number of halogens is 1. The van der Waals surface area contributed by atoms with Gasteiger partial charge < -0.3 is 10.5 Å². The molecule has 16 heavy (non-hydrogen) atoms. The largest absolute Gasteiger partial charge is 0.377 e. The van der Waals surface area contributed by atoms with Crippen molar-refractivity contribution >= 4 is 0 Å². The Morgan fingerprint density at radius 1 is 1.31 bits per heavy atom. The second-order valence-electron chi connectivity index (χ2n) is 4.76. The maximum Gasteiger partial charge on any atom is 0.128 e. The highest BCUT2D eigenvalue weighted by molar-refractivity contribution is 5.35. The molecule has 90 valence electrons. The first-order valence-corrected chi connectivity index (χ1v) is 5.37. The van der Waals surface area contributed by atoms with Crippen LogP contribution in [0.3, 0.4) is 0 Å². The highest BCUT2D eigenvalue weighted by Crippen LogP contribution is 2.30. The molecule has 1 rings (SSSR count). The van der Waals surface area contributed by atoms with Crippen molar-refractivity contribution in [3.8, 4) is 0 Å². The Balaban J connectivity index is 3.24. The van der Waals surface area contributed by atoms with Crippen LogP contribution in [0.5, 0.6) is 0 Å². The first-order valence-electron chi connectivity index (χ1n) is 5.37. The van der Waals surface area contributed by atoms with Crippen LogP contribution in [0.15, 0.2) is 12.1 Å². The van der Waals surface area contributed by atoms with E-state index in [2.05, 4.69) is 0 Å². The van der Waals surface area contributed by atoms with Crippen molar-refractivity contribution < 1.29 is 9.13 Å². The van der Waals surface area contributed by atoms with Gasteiger partial charge in [0.1, 0.15) is 5.82 Å². The first kappa shape index (κ1) is 13.1. The predicted octanol–water partition coefficient (Wildman–Crippen LogP) is 2.87. The number of aryl methyl sites for hydroxylation is 2. The molecular formula is C13H20FNO. The van der Waals surface area contributed by atoms with Crippen molar-refractivity contribution in [2.24, 2.45) is 5.73 Å². The molecule has 0 aliphatic heterocycles. The van der Waals surface area contributed by atoms with Crippen molar-refractivity contribution in [3.63, 3.8) is 0 Å². The van der Waals surface area contributed by atoms with Crippen LogP contribution in [0.4, 0.5) is 4.39 Å². The Bertz CT molecular complexity index is 365. The Morgan fingerprint density at radius 2 is 1.88 bits per heavy atom. The molecule has 0 radical (unpaired) electrons. The summed E-state index contributed by atoms with van der Waals surface area (Å²) in [4.78, 5) is 0. The van der Waals surface area contributed by atoms with Gasteiger partial charge in [-0.3, -0.25) is 0 Å². The summed E-state index contributed by atoms with van der Waals surface area (Å²) in [6.45, 7) is 7.46. The zero-order valence-corrected chi connectivity index (χ0v) is 10.6. The summed E-state index contributed by atoms with van der Waals surface area (Å²) in [5, 5.41) is 0. The molecule has 1 aromatic carbocycles. The molecule has 1 atom stereocenters. The minimum Gasteiger partial charge on any atom is -0.377 e. The average molecular weight is 225 g/mol. The van der Waals surface area contributed by atoms with Crippen LogP contribution in [-0.4, -0.2) is 12.7 Å². The summed E-state index contributed by atoms with van der Waals surface area (Å²) in [7, 11) is 1.58. The number of benzene rings is 1. The van der Waals surface area contributed by atoms with Crippen molar-refractivity contribution in [1.29, 1.82) is 0 Å². The van der Waals surface area contributed by atoms with Gasteiger partial charge in [-0.05, 0) is 44.9 Å². The topological polar surface area (TPSA) is 35.2 Å². The van der Waals surface area contributed by atoms with Crippen molar-refractivity contribution in [2.45, 2.75) is 39.3 Å². The van der Waals surface area contributed by atoms with E-state index < -0.39 is 11.6 Å². The molecule has 0 fully saturated rings. The quantitative estimate of drug-likeness (QED) is 0.858. The van der Waals surface area contributed by atoms with Gasteiger partial charge in [0.25, 0.3) is 0 Å². The molecule has 1 aromatic rings. The third-order valence-electron chi connectivity index (χ3n) is 3.07. The lowest BCUT2D eigenvalue weighted by atomic mass is 9.88. The summed E-state index contributed by atoms with van der Waals surface area (Å²) in [5.41, 5.74) is 7.80. The van der Waals surface area contributed by atoms with Crippen molar-refractivity contribution in [1.82, 2.24) is 0 Å². The van der Waals surface area contributed by atoms with Crippen molar-refractivity contribution in [3.05, 3.63) is 34.6 Å². The summed E-state index contributed by atoms with van der Waals surface area (Å²) in [6.07, 6.45) is 0. The van der Waals surface area contributed by atoms with E-state index in [1.165, 1.54) is 6.07 Å². The molecule has 0 spiro atoms. The molecule has 2 nitrogen and oxygen atoms in total. The third kappa shape index (κ3) is 2.42. The fraction of sp³-hybridized carbons (Fsp3) is 0.538. The second-order valence-corrected chi connectivity index (χ2v) is 4.76. The van der Waals surface area contributed by atoms with Gasteiger partial charge in [0.15, 0.2) is 0 Å². The Morgan fingerprint density at radius 3 is 2.31 bits per heavy atom. The Hall–Kier alpha value is -0.930. The van der Waals surface area contributed by atoms with E-state index in [1.54, 1.807) is 7.11 Å². The highest BCUT2D eigenvalue weighted by Gasteiger charge is 2.30. The maximum absolute atomic E-state index is 13.9. The minimum absolute atomic E-state index is 0.255. The van der Waals surface area contributed by atoms with Crippen LogP contribution >= 0.6 is 0 Å². The smallest absolute Gasteiger partial charge is 0.128 e. The average Bonchev–Trinajstić information content (AvgIpc) is 2.15. The summed E-state index contributed by atoms with van der Waals surface area (Å²) in [5.74, 6) is -0.255. The molecule has 0 bridgehead atoms. The number of hydrogen-bond donors (Lipinski definition) is 1. The van der Waals surface area contributed by atoms with Crippen LogP contribution in [0.25, 0.3) is 0 Å². The molecule has 1 unspecified atom stereocenters. The van der Waals surface area contributed by atoms with E-state index in [4.69, 9.17) is 10.5 Å². The lowest BCUT2D eigenvalue weighted by Gasteiger charge is -2.31. The fourth-order valence-corrected chi connectivity index (χ4v) is 1.80. The van der Waals surface area contributed by atoms with Crippen LogP contribution in [0, 0.1) is 19.7 Å². The van der Waals surface area contributed by atoms with Gasteiger partial charge in [0, 0.05) is 12.7 Å². The normalized spacial score (nSPS) is 13.9. The fourth-order valence-electron chi connectivity index (χ4n) is 1.80. The first-order chi connectivity index (χ1) is 7.29. The number of rotatable bonds is 3. The number of ether oxygens (including phenoxy) is 1. The molecule has 0 saturated heterocycles. The molecule has 0 heterocycles. The molecule has 2 N–H and O–H groups in total. The number of nitrogens with two attached hydrogens (primary N) is 1.